The van der Waals surface area contributed by atoms with Crippen LogP contribution in [-0.4, -0.2) is 13.1 Å². The molecular weight excluding hydrogens is 367 g/mol. The Morgan fingerprint density at radius 2 is 1.80 bits per heavy atom. The molecular formula is C16H13IO3. The quantitative estimate of drug-likeness (QED) is 0.347. The molecule has 0 aliphatic rings. The van der Waals surface area contributed by atoms with Gasteiger partial charge in [0.25, 0.3) is 0 Å². The van der Waals surface area contributed by atoms with Crippen LogP contribution in [0.2, 0.25) is 0 Å². The Bertz CT molecular complexity index is 633. The van der Waals surface area contributed by atoms with E-state index >= 15 is 0 Å². The van der Waals surface area contributed by atoms with E-state index in [1.165, 1.54) is 0 Å². The molecule has 0 amide bonds. The number of hydrogen-bond donors (Lipinski definition) is 0. The van der Waals surface area contributed by atoms with Crippen LogP contribution in [0.15, 0.2) is 55.1 Å². The lowest BCUT2D eigenvalue weighted by Gasteiger charge is -2.08. The first kappa shape index (κ1) is 14.6. The lowest BCUT2D eigenvalue weighted by molar-refractivity contribution is -0.128. The van der Waals surface area contributed by atoms with Crippen molar-refractivity contribution in [3.63, 3.8) is 0 Å². The van der Waals surface area contributed by atoms with Gasteiger partial charge in [0, 0.05) is 6.08 Å². The van der Waals surface area contributed by atoms with Crippen LogP contribution in [0.4, 0.5) is 0 Å². The summed E-state index contributed by atoms with van der Waals surface area (Å²) in [6.07, 6.45) is 1.14. The van der Waals surface area contributed by atoms with Gasteiger partial charge in [-0.3, -0.25) is 0 Å². The predicted octanol–water partition coefficient (Wildman–Crippen LogP) is 4.06. The number of esters is 1. The maximum absolute atomic E-state index is 11.1. The molecule has 0 radical (unpaired) electrons. The van der Waals surface area contributed by atoms with Crippen molar-refractivity contribution >= 4 is 28.6 Å². The molecule has 2 aromatic carbocycles. The summed E-state index contributed by atoms with van der Waals surface area (Å²) in [4.78, 5) is 11.1. The van der Waals surface area contributed by atoms with Gasteiger partial charge in [-0.2, -0.15) is 0 Å². The van der Waals surface area contributed by atoms with Crippen molar-refractivity contribution in [2.45, 2.75) is 0 Å². The molecule has 0 N–H and O–H groups in total. The zero-order valence-corrected chi connectivity index (χ0v) is 13.1. The number of hydrogen-bond acceptors (Lipinski definition) is 3. The van der Waals surface area contributed by atoms with E-state index in [0.29, 0.717) is 5.75 Å². The number of halogens is 1. The highest BCUT2D eigenvalue weighted by atomic mass is 127. The lowest BCUT2D eigenvalue weighted by atomic mass is 10.1. The van der Waals surface area contributed by atoms with Gasteiger partial charge < -0.3 is 9.47 Å². The van der Waals surface area contributed by atoms with Crippen LogP contribution in [0.1, 0.15) is 0 Å². The molecule has 0 aromatic heterocycles. The molecule has 0 fully saturated rings. The van der Waals surface area contributed by atoms with Crippen LogP contribution in [0.3, 0.4) is 0 Å². The van der Waals surface area contributed by atoms with E-state index in [1.807, 2.05) is 30.3 Å². The molecule has 0 heterocycles. The lowest BCUT2D eigenvalue weighted by Crippen LogP contribution is -2.02. The molecule has 0 aliphatic carbocycles. The van der Waals surface area contributed by atoms with Crippen molar-refractivity contribution in [3.8, 4) is 22.6 Å². The standard InChI is InChI=1S/C16H13IO3/c1-3-16(18)20-13-7-4-11(5-8-13)12-6-9-14(17)15(10-12)19-2/h3-10H,1H2,2H3. The largest absolute Gasteiger partial charge is 0.496 e. The zero-order chi connectivity index (χ0) is 14.5. The van der Waals surface area contributed by atoms with E-state index in [1.54, 1.807) is 19.2 Å². The van der Waals surface area contributed by atoms with E-state index in [2.05, 4.69) is 29.2 Å². The van der Waals surface area contributed by atoms with Gasteiger partial charge in [-0.1, -0.05) is 24.8 Å². The van der Waals surface area contributed by atoms with Gasteiger partial charge in [-0.05, 0) is 58.0 Å². The normalized spacial score (nSPS) is 9.90. The summed E-state index contributed by atoms with van der Waals surface area (Å²) in [5, 5.41) is 0. The first-order valence-corrected chi connectivity index (χ1v) is 7.00. The molecule has 0 saturated heterocycles. The summed E-state index contributed by atoms with van der Waals surface area (Å²) in [6.45, 7) is 3.36. The number of benzene rings is 2. The van der Waals surface area contributed by atoms with Crippen molar-refractivity contribution in [1.29, 1.82) is 0 Å². The van der Waals surface area contributed by atoms with Crippen LogP contribution in [-0.2, 0) is 4.79 Å². The molecule has 0 bridgehead atoms. The topological polar surface area (TPSA) is 35.5 Å². The number of rotatable bonds is 4. The van der Waals surface area contributed by atoms with E-state index in [-0.39, 0.29) is 0 Å². The summed E-state index contributed by atoms with van der Waals surface area (Å²) in [6, 6.07) is 13.3. The molecule has 0 unspecified atom stereocenters. The fourth-order valence-electron chi connectivity index (χ4n) is 1.71. The monoisotopic (exact) mass is 380 g/mol. The summed E-state index contributed by atoms with van der Waals surface area (Å²) in [5.74, 6) is 0.870. The molecule has 0 aliphatic heterocycles. The average Bonchev–Trinajstić information content (AvgIpc) is 2.48. The maximum atomic E-state index is 11.1. The molecule has 2 aromatic rings. The molecule has 20 heavy (non-hydrogen) atoms. The number of carbonyl (C=O) groups excluding carboxylic acids is 1. The van der Waals surface area contributed by atoms with Gasteiger partial charge in [0.15, 0.2) is 0 Å². The molecule has 0 atom stereocenters. The second-order valence-electron chi connectivity index (χ2n) is 4.00. The Morgan fingerprint density at radius 1 is 1.15 bits per heavy atom. The van der Waals surface area contributed by atoms with Gasteiger partial charge in [0.05, 0.1) is 10.7 Å². The molecule has 0 spiro atoms. The summed E-state index contributed by atoms with van der Waals surface area (Å²) in [5.41, 5.74) is 2.07. The van der Waals surface area contributed by atoms with E-state index in [9.17, 15) is 4.79 Å². The second-order valence-corrected chi connectivity index (χ2v) is 5.16. The fourth-order valence-corrected chi connectivity index (χ4v) is 2.27. The minimum Gasteiger partial charge on any atom is -0.496 e. The second kappa shape index (κ2) is 6.56. The highest BCUT2D eigenvalue weighted by molar-refractivity contribution is 14.1. The van der Waals surface area contributed by atoms with E-state index in [4.69, 9.17) is 9.47 Å². The van der Waals surface area contributed by atoms with Gasteiger partial charge in [0.2, 0.25) is 0 Å². The smallest absolute Gasteiger partial charge is 0.335 e. The van der Waals surface area contributed by atoms with Crippen molar-refractivity contribution in [3.05, 3.63) is 58.7 Å². The molecule has 4 heteroatoms. The van der Waals surface area contributed by atoms with E-state index in [0.717, 1.165) is 26.5 Å². The highest BCUT2D eigenvalue weighted by Crippen LogP contribution is 2.29. The summed E-state index contributed by atoms with van der Waals surface area (Å²) in [7, 11) is 1.65. The number of ether oxygens (including phenoxy) is 2. The van der Waals surface area contributed by atoms with Crippen LogP contribution in [0.5, 0.6) is 11.5 Å². The van der Waals surface area contributed by atoms with Crippen molar-refractivity contribution in [2.24, 2.45) is 0 Å². The minimum atomic E-state index is -0.464. The Kier molecular flexibility index (Phi) is 4.79. The number of methoxy groups -OCH3 is 1. The van der Waals surface area contributed by atoms with Crippen LogP contribution >= 0.6 is 22.6 Å². The Morgan fingerprint density at radius 3 is 2.40 bits per heavy atom. The Labute approximate surface area is 131 Å². The number of carbonyl (C=O) groups is 1. The Balaban J connectivity index is 2.25. The van der Waals surface area contributed by atoms with Crippen LogP contribution in [0, 0.1) is 3.57 Å². The maximum Gasteiger partial charge on any atom is 0.335 e. The summed E-state index contributed by atoms with van der Waals surface area (Å²) < 4.78 is 11.4. The van der Waals surface area contributed by atoms with Crippen LogP contribution < -0.4 is 9.47 Å². The molecule has 3 nitrogen and oxygen atoms in total. The first-order chi connectivity index (χ1) is 9.63. The molecule has 102 valence electrons. The van der Waals surface area contributed by atoms with Crippen molar-refractivity contribution in [2.75, 3.05) is 7.11 Å². The highest BCUT2D eigenvalue weighted by Gasteiger charge is 2.05. The molecule has 2 rings (SSSR count). The summed E-state index contributed by atoms with van der Waals surface area (Å²) >= 11 is 2.23. The van der Waals surface area contributed by atoms with Gasteiger partial charge in [-0.25, -0.2) is 4.79 Å². The SMILES string of the molecule is C=CC(=O)Oc1ccc(-c2ccc(I)c(OC)c2)cc1. The van der Waals surface area contributed by atoms with Gasteiger partial charge in [-0.15, -0.1) is 0 Å². The van der Waals surface area contributed by atoms with Crippen molar-refractivity contribution < 1.29 is 14.3 Å². The Hall–Kier alpha value is -1.82. The average molecular weight is 380 g/mol. The van der Waals surface area contributed by atoms with E-state index < -0.39 is 5.97 Å². The first-order valence-electron chi connectivity index (χ1n) is 5.92. The third kappa shape index (κ3) is 3.39. The zero-order valence-electron chi connectivity index (χ0n) is 10.9. The molecule has 0 saturated carbocycles. The van der Waals surface area contributed by atoms with Crippen molar-refractivity contribution in [1.82, 2.24) is 0 Å². The third-order valence-corrected chi connectivity index (χ3v) is 3.62. The third-order valence-electron chi connectivity index (χ3n) is 2.72. The minimum absolute atomic E-state index is 0.464. The van der Waals surface area contributed by atoms with Gasteiger partial charge >= 0.3 is 5.97 Å². The fraction of sp³-hybridized carbons (Fsp3) is 0.0625. The van der Waals surface area contributed by atoms with Gasteiger partial charge in [0.1, 0.15) is 11.5 Å². The van der Waals surface area contributed by atoms with Crippen LogP contribution in [0.25, 0.3) is 11.1 Å². The predicted molar refractivity (Wildman–Crippen MR) is 87.0 cm³/mol.